The van der Waals surface area contributed by atoms with Gasteiger partial charge in [0.1, 0.15) is 0 Å². The van der Waals surface area contributed by atoms with Gasteiger partial charge in [-0.3, -0.25) is 0 Å². The van der Waals surface area contributed by atoms with E-state index in [0.29, 0.717) is 11.3 Å². The van der Waals surface area contributed by atoms with Crippen molar-refractivity contribution in [2.75, 3.05) is 19.0 Å². The van der Waals surface area contributed by atoms with Crippen molar-refractivity contribution < 1.29 is 23.4 Å². The lowest BCUT2D eigenvalue weighted by atomic mass is 9.93. The second kappa shape index (κ2) is 13.7. The molecule has 1 rings (SSSR count). The monoisotopic (exact) mass is 443 g/mol. The van der Waals surface area contributed by atoms with Crippen molar-refractivity contribution >= 4 is 24.2 Å². The van der Waals surface area contributed by atoms with E-state index in [2.05, 4.69) is 6.92 Å². The van der Waals surface area contributed by atoms with Crippen molar-refractivity contribution in [3.8, 4) is 0 Å². The molecule has 0 atom stereocenters. The van der Waals surface area contributed by atoms with Gasteiger partial charge in [0.2, 0.25) is 0 Å². The molecule has 0 aliphatic carbocycles. The molecular formula is C20H33ClF3NO2S. The zero-order valence-corrected chi connectivity index (χ0v) is 18.1. The van der Waals surface area contributed by atoms with Crippen molar-refractivity contribution in [2.45, 2.75) is 74.9 Å². The lowest BCUT2D eigenvalue weighted by Gasteiger charge is -2.24. The minimum atomic E-state index is -4.41. The van der Waals surface area contributed by atoms with Crippen LogP contribution < -0.4 is 5.73 Å². The second-order valence-electron chi connectivity index (χ2n) is 7.12. The fourth-order valence-corrected chi connectivity index (χ4v) is 3.81. The van der Waals surface area contributed by atoms with E-state index in [1.807, 2.05) is 0 Å². The summed E-state index contributed by atoms with van der Waals surface area (Å²) in [5, 5.41) is 18.4. The average Bonchev–Trinajstić information content (AvgIpc) is 2.65. The Labute approximate surface area is 176 Å². The highest BCUT2D eigenvalue weighted by Crippen LogP contribution is 2.38. The standard InChI is InChI=1S/C20H32F3NO2S.ClH/c1-2-3-4-5-6-7-12-27-18-9-8-16(13-17(18)20(21,22)23)10-11-19(24,14-25)15-26;/h8-9,13,25-26H,2-7,10-12,14-15,24H2,1H3;1H. The number of halogens is 4. The first-order chi connectivity index (χ1) is 12.8. The first kappa shape index (κ1) is 27.5. The third-order valence-corrected chi connectivity index (χ3v) is 5.81. The molecule has 3 nitrogen and oxygen atoms in total. The summed E-state index contributed by atoms with van der Waals surface area (Å²) < 4.78 is 40.3. The maximum Gasteiger partial charge on any atom is 0.417 e. The molecule has 1 aromatic rings. The van der Waals surface area contributed by atoms with Gasteiger partial charge in [-0.25, -0.2) is 0 Å². The summed E-state index contributed by atoms with van der Waals surface area (Å²) in [7, 11) is 0. The molecule has 0 unspecified atom stereocenters. The van der Waals surface area contributed by atoms with Crippen LogP contribution in [0.1, 0.15) is 63.0 Å². The Kier molecular flexibility index (Phi) is 13.5. The van der Waals surface area contributed by atoms with Crippen LogP contribution in [0.5, 0.6) is 0 Å². The second-order valence-corrected chi connectivity index (χ2v) is 8.26. The van der Waals surface area contributed by atoms with Gasteiger partial charge < -0.3 is 15.9 Å². The summed E-state index contributed by atoms with van der Waals surface area (Å²) in [6.45, 7) is 1.32. The van der Waals surface area contributed by atoms with Gasteiger partial charge in [0.05, 0.1) is 24.3 Å². The molecule has 0 spiro atoms. The number of benzene rings is 1. The van der Waals surface area contributed by atoms with E-state index in [9.17, 15) is 23.4 Å². The predicted molar refractivity (Wildman–Crippen MR) is 112 cm³/mol. The minimum absolute atomic E-state index is 0. The van der Waals surface area contributed by atoms with E-state index in [1.165, 1.54) is 43.2 Å². The minimum Gasteiger partial charge on any atom is -0.394 e. The lowest BCUT2D eigenvalue weighted by molar-refractivity contribution is -0.139. The maximum atomic E-state index is 13.4. The van der Waals surface area contributed by atoms with Crippen LogP contribution in [0.3, 0.4) is 0 Å². The number of aliphatic hydroxyl groups is 2. The highest BCUT2D eigenvalue weighted by Gasteiger charge is 2.34. The summed E-state index contributed by atoms with van der Waals surface area (Å²) in [4.78, 5) is 0.253. The zero-order valence-electron chi connectivity index (χ0n) is 16.4. The highest BCUT2D eigenvalue weighted by molar-refractivity contribution is 7.99. The van der Waals surface area contributed by atoms with E-state index in [4.69, 9.17) is 5.73 Å². The van der Waals surface area contributed by atoms with Gasteiger partial charge in [-0.05, 0) is 42.7 Å². The van der Waals surface area contributed by atoms with Crippen molar-refractivity contribution in [3.05, 3.63) is 29.3 Å². The van der Waals surface area contributed by atoms with Gasteiger partial charge in [0, 0.05) is 4.90 Å². The summed E-state index contributed by atoms with van der Waals surface area (Å²) in [5.41, 5.74) is 4.50. The average molecular weight is 444 g/mol. The van der Waals surface area contributed by atoms with Crippen molar-refractivity contribution in [3.63, 3.8) is 0 Å². The highest BCUT2D eigenvalue weighted by atomic mass is 35.5. The molecule has 0 saturated heterocycles. The smallest absolute Gasteiger partial charge is 0.394 e. The van der Waals surface area contributed by atoms with Gasteiger partial charge in [0.25, 0.3) is 0 Å². The molecule has 0 bridgehead atoms. The van der Waals surface area contributed by atoms with Gasteiger partial charge in [0.15, 0.2) is 0 Å². The van der Waals surface area contributed by atoms with Crippen molar-refractivity contribution in [2.24, 2.45) is 5.73 Å². The van der Waals surface area contributed by atoms with E-state index in [0.717, 1.165) is 19.3 Å². The normalized spacial score (nSPS) is 12.1. The zero-order chi connectivity index (χ0) is 20.3. The number of aliphatic hydroxyl groups excluding tert-OH is 2. The Bertz CT molecular complexity index is 555. The first-order valence-corrected chi connectivity index (χ1v) is 10.6. The van der Waals surface area contributed by atoms with E-state index in [1.54, 1.807) is 6.07 Å². The van der Waals surface area contributed by atoms with Crippen LogP contribution >= 0.6 is 24.2 Å². The number of hydrogen-bond donors (Lipinski definition) is 3. The topological polar surface area (TPSA) is 66.5 Å². The summed E-state index contributed by atoms with van der Waals surface area (Å²) in [6.07, 6.45) is 2.74. The molecule has 0 aliphatic heterocycles. The number of rotatable bonds is 13. The number of hydrogen-bond acceptors (Lipinski definition) is 4. The van der Waals surface area contributed by atoms with Gasteiger partial charge in [-0.1, -0.05) is 45.1 Å². The van der Waals surface area contributed by atoms with Crippen LogP contribution in [0.15, 0.2) is 23.1 Å². The Balaban J connectivity index is 0.00000729. The molecule has 0 saturated carbocycles. The van der Waals surface area contributed by atoms with Gasteiger partial charge >= 0.3 is 6.18 Å². The number of nitrogens with two attached hydrogens (primary N) is 1. The number of alkyl halides is 3. The molecule has 0 fully saturated rings. The SMILES string of the molecule is CCCCCCCCSc1ccc(CCC(N)(CO)CO)cc1C(F)(F)F.Cl. The van der Waals surface area contributed by atoms with Crippen LogP contribution in [-0.4, -0.2) is 34.7 Å². The molecule has 0 amide bonds. The maximum absolute atomic E-state index is 13.4. The summed E-state index contributed by atoms with van der Waals surface area (Å²) >= 11 is 1.25. The summed E-state index contributed by atoms with van der Waals surface area (Å²) in [6, 6.07) is 4.36. The molecule has 0 aliphatic rings. The largest absolute Gasteiger partial charge is 0.417 e. The molecule has 4 N–H and O–H groups in total. The Hall–Kier alpha value is -0.470. The van der Waals surface area contributed by atoms with Gasteiger partial charge in [-0.15, -0.1) is 24.2 Å². The van der Waals surface area contributed by atoms with E-state index >= 15 is 0 Å². The summed E-state index contributed by atoms with van der Waals surface area (Å²) in [5.74, 6) is 0.676. The quantitative estimate of drug-likeness (QED) is 0.290. The van der Waals surface area contributed by atoms with Crippen LogP contribution in [0, 0.1) is 0 Å². The fourth-order valence-electron chi connectivity index (χ4n) is 2.75. The van der Waals surface area contributed by atoms with Crippen LogP contribution in [0.2, 0.25) is 0 Å². The third-order valence-electron chi connectivity index (χ3n) is 4.65. The van der Waals surface area contributed by atoms with Crippen LogP contribution in [0.25, 0.3) is 0 Å². The first-order valence-electron chi connectivity index (χ1n) is 9.59. The Morgan fingerprint density at radius 3 is 2.18 bits per heavy atom. The third kappa shape index (κ3) is 9.83. The Morgan fingerprint density at radius 2 is 1.61 bits per heavy atom. The van der Waals surface area contributed by atoms with E-state index in [-0.39, 0.29) is 30.1 Å². The molecule has 164 valence electrons. The van der Waals surface area contributed by atoms with Gasteiger partial charge in [-0.2, -0.15) is 13.2 Å². The molecule has 0 radical (unpaired) electrons. The molecule has 0 aromatic heterocycles. The number of aryl methyl sites for hydroxylation is 1. The molecule has 8 heteroatoms. The molecular weight excluding hydrogens is 411 g/mol. The Morgan fingerprint density at radius 1 is 1.00 bits per heavy atom. The van der Waals surface area contributed by atoms with Crippen LogP contribution in [-0.2, 0) is 12.6 Å². The molecule has 1 aromatic carbocycles. The number of unbranched alkanes of at least 4 members (excludes halogenated alkanes) is 5. The van der Waals surface area contributed by atoms with Crippen molar-refractivity contribution in [1.29, 1.82) is 0 Å². The van der Waals surface area contributed by atoms with E-state index < -0.39 is 30.5 Å². The lowest BCUT2D eigenvalue weighted by Crippen LogP contribution is -2.47. The molecule has 28 heavy (non-hydrogen) atoms. The van der Waals surface area contributed by atoms with Crippen LogP contribution in [0.4, 0.5) is 13.2 Å². The number of thioether (sulfide) groups is 1. The predicted octanol–water partition coefficient (Wildman–Crippen LogP) is 5.19. The van der Waals surface area contributed by atoms with Crippen molar-refractivity contribution in [1.82, 2.24) is 0 Å². The molecule has 0 heterocycles. The fraction of sp³-hybridized carbons (Fsp3) is 0.700.